The van der Waals surface area contributed by atoms with Gasteiger partial charge in [-0.3, -0.25) is 9.67 Å². The largest absolute Gasteiger partial charge is 0.310 e. The Hall–Kier alpha value is -1.20. The van der Waals surface area contributed by atoms with Gasteiger partial charge in [-0.1, -0.05) is 13.8 Å². The van der Waals surface area contributed by atoms with Crippen molar-refractivity contribution < 1.29 is 0 Å². The lowest BCUT2D eigenvalue weighted by Crippen LogP contribution is -2.24. The zero-order valence-electron chi connectivity index (χ0n) is 13.2. The van der Waals surface area contributed by atoms with E-state index >= 15 is 0 Å². The Morgan fingerprint density at radius 3 is 2.71 bits per heavy atom. The highest BCUT2D eigenvalue weighted by atomic mass is 79.9. The summed E-state index contributed by atoms with van der Waals surface area (Å²) < 4.78 is 3.13. The number of nitrogens with zero attached hydrogens (tertiary/aromatic N) is 3. The second kappa shape index (κ2) is 7.18. The summed E-state index contributed by atoms with van der Waals surface area (Å²) in [6.45, 7) is 7.32. The molecule has 2 aromatic rings. The number of hydrogen-bond donors (Lipinski definition) is 1. The van der Waals surface area contributed by atoms with Crippen LogP contribution in [0.2, 0.25) is 0 Å². The maximum absolute atomic E-state index is 4.59. The number of rotatable bonds is 6. The number of aryl methyl sites for hydroxylation is 3. The van der Waals surface area contributed by atoms with Crippen LogP contribution in [0.1, 0.15) is 42.4 Å². The minimum atomic E-state index is 0.273. The average Bonchev–Trinajstić information content (AvgIpc) is 2.74. The van der Waals surface area contributed by atoms with Crippen molar-refractivity contribution in [1.29, 1.82) is 0 Å². The van der Waals surface area contributed by atoms with Crippen LogP contribution in [0.4, 0.5) is 0 Å². The molecule has 21 heavy (non-hydrogen) atoms. The van der Waals surface area contributed by atoms with Gasteiger partial charge in [0.2, 0.25) is 0 Å². The lowest BCUT2D eigenvalue weighted by atomic mass is 9.99. The van der Waals surface area contributed by atoms with Crippen molar-refractivity contribution in [1.82, 2.24) is 20.1 Å². The molecule has 0 aliphatic rings. The first-order valence-electron chi connectivity index (χ1n) is 7.42. The molecule has 2 heterocycles. The summed E-state index contributed by atoms with van der Waals surface area (Å²) in [5.41, 5.74) is 4.87. The molecular formula is C16H23BrN4. The van der Waals surface area contributed by atoms with E-state index in [4.69, 9.17) is 0 Å². The van der Waals surface area contributed by atoms with E-state index in [1.807, 2.05) is 24.1 Å². The lowest BCUT2D eigenvalue weighted by molar-refractivity contribution is 0.525. The van der Waals surface area contributed by atoms with Crippen LogP contribution < -0.4 is 5.32 Å². The normalized spacial score (nSPS) is 12.6. The van der Waals surface area contributed by atoms with Gasteiger partial charge < -0.3 is 5.32 Å². The Kier molecular flexibility index (Phi) is 5.53. The monoisotopic (exact) mass is 350 g/mol. The molecule has 0 fully saturated rings. The molecule has 0 bridgehead atoms. The molecule has 5 heteroatoms. The maximum atomic E-state index is 4.59. The van der Waals surface area contributed by atoms with Gasteiger partial charge in [0.15, 0.2) is 0 Å². The van der Waals surface area contributed by atoms with Gasteiger partial charge in [-0.25, -0.2) is 0 Å². The van der Waals surface area contributed by atoms with Gasteiger partial charge in [-0.15, -0.1) is 0 Å². The standard InChI is InChI=1S/C16H23BrN4/c1-5-13-16(17)15(21(4)20-13)9-14(19-6-2)12-7-8-18-10-11(12)3/h7-8,10,14,19H,5-6,9H2,1-4H3. The van der Waals surface area contributed by atoms with Crippen LogP contribution in [-0.2, 0) is 19.9 Å². The van der Waals surface area contributed by atoms with Gasteiger partial charge in [0, 0.05) is 31.9 Å². The van der Waals surface area contributed by atoms with E-state index in [9.17, 15) is 0 Å². The van der Waals surface area contributed by atoms with Crippen LogP contribution >= 0.6 is 15.9 Å². The fraction of sp³-hybridized carbons (Fsp3) is 0.500. The Morgan fingerprint density at radius 1 is 1.38 bits per heavy atom. The number of pyridine rings is 1. The molecule has 0 spiro atoms. The zero-order valence-corrected chi connectivity index (χ0v) is 14.7. The summed E-state index contributed by atoms with van der Waals surface area (Å²) in [4.78, 5) is 4.19. The SMILES string of the molecule is CCNC(Cc1c(Br)c(CC)nn1C)c1ccncc1C. The molecular weight excluding hydrogens is 328 g/mol. The van der Waals surface area contributed by atoms with E-state index in [1.165, 1.54) is 16.8 Å². The van der Waals surface area contributed by atoms with Gasteiger partial charge in [-0.2, -0.15) is 5.10 Å². The molecule has 4 nitrogen and oxygen atoms in total. The number of hydrogen-bond acceptors (Lipinski definition) is 3. The smallest absolute Gasteiger partial charge is 0.0766 e. The van der Waals surface area contributed by atoms with E-state index in [0.29, 0.717) is 0 Å². The van der Waals surface area contributed by atoms with E-state index in [2.05, 4.69) is 58.2 Å². The van der Waals surface area contributed by atoms with Crippen molar-refractivity contribution in [3.8, 4) is 0 Å². The van der Waals surface area contributed by atoms with Gasteiger partial charge in [0.25, 0.3) is 0 Å². The Morgan fingerprint density at radius 2 is 2.14 bits per heavy atom. The van der Waals surface area contributed by atoms with Crippen LogP contribution in [0, 0.1) is 6.92 Å². The van der Waals surface area contributed by atoms with Crippen molar-refractivity contribution >= 4 is 15.9 Å². The molecule has 2 aromatic heterocycles. The van der Waals surface area contributed by atoms with Crippen LogP contribution in [0.3, 0.4) is 0 Å². The molecule has 1 N–H and O–H groups in total. The molecule has 0 aromatic carbocycles. The van der Waals surface area contributed by atoms with Gasteiger partial charge in [0.05, 0.1) is 15.9 Å². The molecule has 0 aliphatic carbocycles. The predicted octanol–water partition coefficient (Wildman–Crippen LogP) is 3.34. The first-order chi connectivity index (χ1) is 10.1. The summed E-state index contributed by atoms with van der Waals surface area (Å²) >= 11 is 3.71. The second-order valence-corrected chi connectivity index (χ2v) is 6.02. The van der Waals surface area contributed by atoms with E-state index < -0.39 is 0 Å². The quantitative estimate of drug-likeness (QED) is 0.868. The van der Waals surface area contributed by atoms with Crippen molar-refractivity contribution in [3.05, 3.63) is 45.4 Å². The van der Waals surface area contributed by atoms with Crippen molar-refractivity contribution in [3.63, 3.8) is 0 Å². The van der Waals surface area contributed by atoms with Crippen LogP contribution in [-0.4, -0.2) is 21.3 Å². The average molecular weight is 351 g/mol. The molecule has 114 valence electrons. The number of likely N-dealkylation sites (N-methyl/N-ethyl adjacent to an activating group) is 1. The molecule has 0 saturated carbocycles. The summed E-state index contributed by atoms with van der Waals surface area (Å²) in [5.74, 6) is 0. The molecule has 0 amide bonds. The lowest BCUT2D eigenvalue weighted by Gasteiger charge is -2.20. The van der Waals surface area contributed by atoms with Crippen LogP contribution in [0.25, 0.3) is 0 Å². The number of aromatic nitrogens is 3. The maximum Gasteiger partial charge on any atom is 0.0766 e. The van der Waals surface area contributed by atoms with Crippen molar-refractivity contribution in [2.75, 3.05) is 6.54 Å². The van der Waals surface area contributed by atoms with Crippen LogP contribution in [0.5, 0.6) is 0 Å². The molecule has 0 saturated heterocycles. The van der Waals surface area contributed by atoms with Gasteiger partial charge >= 0.3 is 0 Å². The summed E-state index contributed by atoms with van der Waals surface area (Å²) in [6, 6.07) is 2.38. The topological polar surface area (TPSA) is 42.7 Å². The van der Waals surface area contributed by atoms with Crippen molar-refractivity contribution in [2.45, 2.75) is 39.7 Å². The highest BCUT2D eigenvalue weighted by molar-refractivity contribution is 9.10. The fourth-order valence-electron chi connectivity index (χ4n) is 2.65. The molecule has 1 unspecified atom stereocenters. The third-order valence-electron chi connectivity index (χ3n) is 3.79. The Bertz CT molecular complexity index is 606. The van der Waals surface area contributed by atoms with Gasteiger partial charge in [0.1, 0.15) is 0 Å². The minimum Gasteiger partial charge on any atom is -0.310 e. The summed E-state index contributed by atoms with van der Waals surface area (Å²) in [7, 11) is 2.02. The molecule has 1 atom stereocenters. The minimum absolute atomic E-state index is 0.273. The Balaban J connectivity index is 2.33. The molecule has 2 rings (SSSR count). The molecule has 0 radical (unpaired) electrons. The zero-order chi connectivity index (χ0) is 15.4. The van der Waals surface area contributed by atoms with Crippen LogP contribution in [0.15, 0.2) is 22.9 Å². The molecule has 0 aliphatic heterocycles. The predicted molar refractivity (Wildman–Crippen MR) is 89.4 cm³/mol. The second-order valence-electron chi connectivity index (χ2n) is 5.23. The summed E-state index contributed by atoms with van der Waals surface area (Å²) in [5, 5.41) is 8.17. The van der Waals surface area contributed by atoms with Gasteiger partial charge in [-0.05, 0) is 53.0 Å². The highest BCUT2D eigenvalue weighted by Crippen LogP contribution is 2.27. The van der Waals surface area contributed by atoms with E-state index in [0.717, 1.165) is 29.6 Å². The number of halogens is 1. The third kappa shape index (κ3) is 3.52. The van der Waals surface area contributed by atoms with E-state index in [-0.39, 0.29) is 6.04 Å². The Labute approximate surface area is 135 Å². The summed E-state index contributed by atoms with van der Waals surface area (Å²) in [6.07, 6.45) is 5.63. The first kappa shape index (κ1) is 16.2. The first-order valence-corrected chi connectivity index (χ1v) is 8.21. The third-order valence-corrected chi connectivity index (χ3v) is 4.71. The fourth-order valence-corrected chi connectivity index (χ4v) is 3.43. The van der Waals surface area contributed by atoms with E-state index in [1.54, 1.807) is 0 Å². The van der Waals surface area contributed by atoms with Crippen molar-refractivity contribution in [2.24, 2.45) is 7.05 Å². The highest BCUT2D eigenvalue weighted by Gasteiger charge is 2.19. The number of nitrogens with one attached hydrogen (secondary N) is 1.